The summed E-state index contributed by atoms with van der Waals surface area (Å²) in [5.41, 5.74) is 1.07. The molecule has 0 heterocycles. The maximum absolute atomic E-state index is 13.8. The van der Waals surface area contributed by atoms with E-state index in [9.17, 15) is 17.6 Å². The Bertz CT molecular complexity index is 426. The van der Waals surface area contributed by atoms with Crippen LogP contribution in [0.2, 0.25) is 0 Å². The van der Waals surface area contributed by atoms with E-state index in [4.69, 9.17) is 0 Å². The van der Waals surface area contributed by atoms with Gasteiger partial charge in [0.2, 0.25) is 0 Å². The molecule has 0 spiro atoms. The van der Waals surface area contributed by atoms with Crippen LogP contribution in [-0.2, 0) is 0 Å². The summed E-state index contributed by atoms with van der Waals surface area (Å²) in [5.74, 6) is -1.24. The van der Waals surface area contributed by atoms with Crippen molar-refractivity contribution in [3.8, 4) is 0 Å². The Morgan fingerprint density at radius 2 is 1.89 bits per heavy atom. The Balaban J connectivity index is 2.96. The number of hydrogen-bond donors (Lipinski definition) is 0. The van der Waals surface area contributed by atoms with Crippen LogP contribution >= 0.6 is 11.8 Å². The number of rotatable bonds is 5. The third kappa shape index (κ3) is 5.05. The van der Waals surface area contributed by atoms with E-state index in [1.165, 1.54) is 6.07 Å². The van der Waals surface area contributed by atoms with Gasteiger partial charge in [-0.3, -0.25) is 0 Å². The summed E-state index contributed by atoms with van der Waals surface area (Å²) in [6, 6.07) is 2.90. The van der Waals surface area contributed by atoms with Crippen LogP contribution in [0.25, 0.3) is 0 Å². The lowest BCUT2D eigenvalue weighted by atomic mass is 9.95. The van der Waals surface area contributed by atoms with Crippen LogP contribution in [0.1, 0.15) is 43.7 Å². The Morgan fingerprint density at radius 3 is 2.42 bits per heavy atom. The number of alkyl halides is 3. The lowest BCUT2D eigenvalue weighted by Gasteiger charge is -2.15. The highest BCUT2D eigenvalue weighted by Crippen LogP contribution is 2.33. The van der Waals surface area contributed by atoms with Gasteiger partial charge in [-0.05, 0) is 42.5 Å². The average molecular weight is 294 g/mol. The van der Waals surface area contributed by atoms with E-state index < -0.39 is 11.9 Å². The quantitative estimate of drug-likeness (QED) is 0.496. The topological polar surface area (TPSA) is 0 Å². The van der Waals surface area contributed by atoms with Gasteiger partial charge in [-0.15, -0.1) is 11.8 Å². The summed E-state index contributed by atoms with van der Waals surface area (Å²) in [4.78, 5) is 0.511. The first kappa shape index (κ1) is 16.3. The van der Waals surface area contributed by atoms with Crippen molar-refractivity contribution < 1.29 is 17.6 Å². The monoisotopic (exact) mass is 294 g/mol. The van der Waals surface area contributed by atoms with Crippen LogP contribution in [-0.4, -0.2) is 11.9 Å². The first-order valence-corrected chi connectivity index (χ1v) is 7.22. The molecule has 0 aliphatic heterocycles. The molecule has 0 saturated heterocycles. The van der Waals surface area contributed by atoms with Crippen LogP contribution in [0, 0.1) is 12.7 Å². The molecule has 0 N–H and O–H groups in total. The normalized spacial score (nSPS) is 13.6. The van der Waals surface area contributed by atoms with E-state index in [1.807, 2.05) is 13.8 Å². The molecule has 0 radical (unpaired) electrons. The Labute approximate surface area is 115 Å². The van der Waals surface area contributed by atoms with Gasteiger partial charge in [-0.2, -0.15) is 13.2 Å². The number of aryl methyl sites for hydroxylation is 1. The largest absolute Gasteiger partial charge is 0.398 e. The minimum atomic E-state index is -4.21. The van der Waals surface area contributed by atoms with Crippen LogP contribution in [0.15, 0.2) is 17.0 Å². The van der Waals surface area contributed by atoms with E-state index >= 15 is 0 Å². The number of hydrogen-bond acceptors (Lipinski definition) is 1. The van der Waals surface area contributed by atoms with Crippen molar-refractivity contribution >= 4 is 11.8 Å². The van der Waals surface area contributed by atoms with Gasteiger partial charge in [0.15, 0.2) is 0 Å². The molecule has 0 aliphatic carbocycles. The van der Waals surface area contributed by atoms with Gasteiger partial charge in [-0.25, -0.2) is 4.39 Å². The third-order valence-electron chi connectivity index (χ3n) is 2.94. The smallest absolute Gasteiger partial charge is 0.207 e. The minimum Gasteiger partial charge on any atom is -0.207 e. The third-order valence-corrected chi connectivity index (χ3v) is 4.16. The SMILES string of the molecule is CCCC(C)c1cc(SCC(F)(F)F)c(C)cc1F. The fourth-order valence-electron chi connectivity index (χ4n) is 1.95. The molecule has 5 heteroatoms. The van der Waals surface area contributed by atoms with Crippen LogP contribution in [0.5, 0.6) is 0 Å². The molecule has 0 aromatic heterocycles. The molecule has 1 unspecified atom stereocenters. The Kier molecular flexibility index (Phi) is 5.71. The molecule has 1 aromatic carbocycles. The van der Waals surface area contributed by atoms with Crippen LogP contribution in [0.3, 0.4) is 0 Å². The lowest BCUT2D eigenvalue weighted by Crippen LogP contribution is -2.11. The van der Waals surface area contributed by atoms with Crippen molar-refractivity contribution in [2.45, 2.75) is 50.6 Å². The van der Waals surface area contributed by atoms with E-state index in [2.05, 4.69) is 0 Å². The van der Waals surface area contributed by atoms with Crippen molar-refractivity contribution in [2.24, 2.45) is 0 Å². The summed E-state index contributed by atoms with van der Waals surface area (Å²) in [5, 5.41) is 0. The van der Waals surface area contributed by atoms with E-state index in [0.717, 1.165) is 24.6 Å². The molecule has 0 saturated carbocycles. The minimum absolute atomic E-state index is 0.0239. The zero-order valence-corrected chi connectivity index (χ0v) is 12.1. The molecule has 108 valence electrons. The maximum Gasteiger partial charge on any atom is 0.398 e. The van der Waals surface area contributed by atoms with Gasteiger partial charge in [0.05, 0.1) is 5.75 Å². The van der Waals surface area contributed by atoms with Crippen LogP contribution < -0.4 is 0 Å². The average Bonchev–Trinajstić information content (AvgIpc) is 2.26. The van der Waals surface area contributed by atoms with Crippen molar-refractivity contribution in [1.82, 2.24) is 0 Å². The van der Waals surface area contributed by atoms with Gasteiger partial charge in [0.25, 0.3) is 0 Å². The van der Waals surface area contributed by atoms with E-state index in [0.29, 0.717) is 16.0 Å². The van der Waals surface area contributed by atoms with Gasteiger partial charge in [-0.1, -0.05) is 20.3 Å². The fourth-order valence-corrected chi connectivity index (χ4v) is 2.77. The second kappa shape index (κ2) is 6.64. The molecule has 1 atom stereocenters. The van der Waals surface area contributed by atoms with Gasteiger partial charge in [0.1, 0.15) is 5.82 Å². The fraction of sp³-hybridized carbons (Fsp3) is 0.571. The van der Waals surface area contributed by atoms with E-state index in [1.54, 1.807) is 13.0 Å². The van der Waals surface area contributed by atoms with Gasteiger partial charge in [0, 0.05) is 4.90 Å². The molecular formula is C14H18F4S. The molecule has 0 fully saturated rings. The van der Waals surface area contributed by atoms with Gasteiger partial charge >= 0.3 is 6.18 Å². The molecular weight excluding hydrogens is 276 g/mol. The molecule has 0 aliphatic rings. The van der Waals surface area contributed by atoms with Crippen molar-refractivity contribution in [1.29, 1.82) is 0 Å². The molecule has 1 rings (SSSR count). The second-order valence-corrected chi connectivity index (χ2v) is 5.75. The van der Waals surface area contributed by atoms with E-state index in [-0.39, 0.29) is 11.7 Å². The summed E-state index contributed by atoms with van der Waals surface area (Å²) < 4.78 is 50.6. The summed E-state index contributed by atoms with van der Waals surface area (Å²) in [7, 11) is 0. The Hall–Kier alpha value is -0.710. The first-order valence-electron chi connectivity index (χ1n) is 6.24. The lowest BCUT2D eigenvalue weighted by molar-refractivity contribution is -0.105. The van der Waals surface area contributed by atoms with Crippen molar-refractivity contribution in [2.75, 3.05) is 5.75 Å². The first-order chi connectivity index (χ1) is 8.74. The van der Waals surface area contributed by atoms with Crippen LogP contribution in [0.4, 0.5) is 17.6 Å². The Morgan fingerprint density at radius 1 is 1.26 bits per heavy atom. The summed E-state index contributed by atoms with van der Waals surface area (Å²) in [6.07, 6.45) is -2.47. The molecule has 19 heavy (non-hydrogen) atoms. The van der Waals surface area contributed by atoms with Crippen molar-refractivity contribution in [3.63, 3.8) is 0 Å². The highest BCUT2D eigenvalue weighted by atomic mass is 32.2. The summed E-state index contributed by atoms with van der Waals surface area (Å²) in [6.45, 7) is 5.54. The number of halogens is 4. The molecule has 0 bridgehead atoms. The summed E-state index contributed by atoms with van der Waals surface area (Å²) >= 11 is 0.721. The highest BCUT2D eigenvalue weighted by Gasteiger charge is 2.27. The zero-order chi connectivity index (χ0) is 14.6. The highest BCUT2D eigenvalue weighted by molar-refractivity contribution is 7.99. The van der Waals surface area contributed by atoms with Crippen molar-refractivity contribution in [3.05, 3.63) is 29.1 Å². The second-order valence-electron chi connectivity index (χ2n) is 4.73. The standard InChI is InChI=1S/C14H18F4S/c1-4-5-9(2)11-7-13(10(3)6-12(11)15)19-8-14(16,17)18/h6-7,9H,4-5,8H2,1-3H3. The zero-order valence-electron chi connectivity index (χ0n) is 11.3. The van der Waals surface area contributed by atoms with Gasteiger partial charge < -0.3 is 0 Å². The predicted octanol–water partition coefficient (Wildman–Crippen LogP) is 5.69. The molecule has 1 aromatic rings. The predicted molar refractivity (Wildman–Crippen MR) is 71.2 cm³/mol. The molecule has 0 nitrogen and oxygen atoms in total. The maximum atomic E-state index is 13.8. The molecule has 0 amide bonds. The number of benzene rings is 1. The number of thioether (sulfide) groups is 1.